The third kappa shape index (κ3) is 5.67. The fraction of sp³-hybridized carbons (Fsp3) is 0.933. The van der Waals surface area contributed by atoms with E-state index in [-0.39, 0.29) is 24.8 Å². The number of likely N-dealkylation sites (tertiary alicyclic amines) is 1. The van der Waals surface area contributed by atoms with Crippen molar-refractivity contribution in [1.29, 1.82) is 0 Å². The molecule has 2 N–H and O–H groups in total. The van der Waals surface area contributed by atoms with E-state index in [0.29, 0.717) is 0 Å². The number of aliphatic hydroxyl groups excluding tert-OH is 1. The van der Waals surface area contributed by atoms with E-state index in [2.05, 4.69) is 5.32 Å². The summed E-state index contributed by atoms with van der Waals surface area (Å²) in [4.78, 5) is 14.1. The van der Waals surface area contributed by atoms with Crippen molar-refractivity contribution in [3.8, 4) is 0 Å². The number of carbonyl (C=O) groups excluding carboxylic acids is 1. The quantitative estimate of drug-likeness (QED) is 0.813. The molecular weight excluding hydrogens is 256 g/mol. The highest BCUT2D eigenvalue weighted by molar-refractivity contribution is 5.68. The van der Waals surface area contributed by atoms with Crippen LogP contribution in [-0.2, 0) is 4.74 Å². The van der Waals surface area contributed by atoms with Crippen LogP contribution in [0.15, 0.2) is 0 Å². The van der Waals surface area contributed by atoms with Crippen molar-refractivity contribution < 1.29 is 14.6 Å². The minimum absolute atomic E-state index is 0.109. The lowest BCUT2D eigenvalue weighted by atomic mass is 10.0. The summed E-state index contributed by atoms with van der Waals surface area (Å²) in [6.45, 7) is 9.33. The molecule has 5 nitrogen and oxygen atoms in total. The molecular formula is C15H30N2O3. The first-order valence-corrected chi connectivity index (χ1v) is 7.71. The molecule has 1 rings (SSSR count). The Morgan fingerprint density at radius 1 is 1.45 bits per heavy atom. The second-order valence-electron chi connectivity index (χ2n) is 6.52. The highest BCUT2D eigenvalue weighted by Gasteiger charge is 2.30. The second kappa shape index (κ2) is 7.84. The van der Waals surface area contributed by atoms with Crippen LogP contribution in [0.5, 0.6) is 0 Å². The van der Waals surface area contributed by atoms with Gasteiger partial charge >= 0.3 is 6.09 Å². The lowest BCUT2D eigenvalue weighted by Crippen LogP contribution is -2.51. The van der Waals surface area contributed by atoms with Gasteiger partial charge in [-0.05, 0) is 46.5 Å². The molecule has 0 aromatic carbocycles. The normalized spacial score (nSPS) is 21.6. The van der Waals surface area contributed by atoms with Crippen molar-refractivity contribution in [1.82, 2.24) is 10.2 Å². The van der Waals surface area contributed by atoms with E-state index in [9.17, 15) is 9.90 Å². The van der Waals surface area contributed by atoms with Gasteiger partial charge in [-0.1, -0.05) is 6.92 Å². The Morgan fingerprint density at radius 3 is 2.70 bits per heavy atom. The number of hydrogen-bond acceptors (Lipinski definition) is 4. The third-order valence-electron chi connectivity index (χ3n) is 3.61. The van der Waals surface area contributed by atoms with E-state index in [0.717, 1.165) is 38.8 Å². The van der Waals surface area contributed by atoms with Crippen LogP contribution in [0.2, 0.25) is 0 Å². The van der Waals surface area contributed by atoms with Crippen LogP contribution in [0.25, 0.3) is 0 Å². The summed E-state index contributed by atoms with van der Waals surface area (Å²) >= 11 is 0. The molecule has 0 aromatic heterocycles. The fourth-order valence-corrected chi connectivity index (χ4v) is 2.41. The van der Waals surface area contributed by atoms with Gasteiger partial charge < -0.3 is 20.1 Å². The van der Waals surface area contributed by atoms with Gasteiger partial charge in [0.25, 0.3) is 0 Å². The molecule has 1 aliphatic rings. The molecule has 1 amide bonds. The molecule has 1 aliphatic heterocycles. The Kier molecular flexibility index (Phi) is 6.76. The van der Waals surface area contributed by atoms with Crippen molar-refractivity contribution in [3.63, 3.8) is 0 Å². The first-order valence-electron chi connectivity index (χ1n) is 7.71. The molecule has 1 saturated heterocycles. The Hall–Kier alpha value is -0.810. The van der Waals surface area contributed by atoms with Crippen molar-refractivity contribution in [2.75, 3.05) is 19.7 Å². The summed E-state index contributed by atoms with van der Waals surface area (Å²) < 4.78 is 5.48. The summed E-state index contributed by atoms with van der Waals surface area (Å²) in [5.41, 5.74) is -0.455. The Bertz CT molecular complexity index is 298. The van der Waals surface area contributed by atoms with Crippen LogP contribution in [0, 0.1) is 0 Å². The van der Waals surface area contributed by atoms with E-state index in [1.54, 1.807) is 0 Å². The first kappa shape index (κ1) is 17.2. The molecule has 0 radical (unpaired) electrons. The van der Waals surface area contributed by atoms with Gasteiger partial charge in [-0.2, -0.15) is 0 Å². The highest BCUT2D eigenvalue weighted by Crippen LogP contribution is 2.20. The largest absolute Gasteiger partial charge is 0.444 e. The number of aliphatic hydroxyl groups is 1. The van der Waals surface area contributed by atoms with Crippen molar-refractivity contribution >= 4 is 6.09 Å². The minimum Gasteiger partial charge on any atom is -0.444 e. The van der Waals surface area contributed by atoms with Gasteiger partial charge in [-0.25, -0.2) is 4.79 Å². The smallest absolute Gasteiger partial charge is 0.410 e. The summed E-state index contributed by atoms with van der Waals surface area (Å²) in [5, 5.41) is 12.6. The van der Waals surface area contributed by atoms with E-state index in [1.807, 2.05) is 32.6 Å². The Morgan fingerprint density at radius 2 is 2.15 bits per heavy atom. The molecule has 0 spiro atoms. The zero-order valence-electron chi connectivity index (χ0n) is 13.3. The van der Waals surface area contributed by atoms with Crippen LogP contribution < -0.4 is 5.32 Å². The van der Waals surface area contributed by atoms with Crippen LogP contribution in [0.4, 0.5) is 4.79 Å². The van der Waals surface area contributed by atoms with Gasteiger partial charge in [0, 0.05) is 25.2 Å². The fourth-order valence-electron chi connectivity index (χ4n) is 2.41. The molecule has 2 atom stereocenters. The number of carbonyl (C=O) groups is 1. The van der Waals surface area contributed by atoms with Crippen molar-refractivity contribution in [3.05, 3.63) is 0 Å². The molecule has 118 valence electrons. The van der Waals surface area contributed by atoms with Gasteiger partial charge in [0.2, 0.25) is 0 Å². The van der Waals surface area contributed by atoms with E-state index >= 15 is 0 Å². The third-order valence-corrected chi connectivity index (χ3v) is 3.61. The molecule has 0 bridgehead atoms. The van der Waals surface area contributed by atoms with Crippen LogP contribution in [0.3, 0.4) is 0 Å². The van der Waals surface area contributed by atoms with Gasteiger partial charge in [0.1, 0.15) is 5.60 Å². The number of piperidine rings is 1. The number of rotatable bonds is 5. The summed E-state index contributed by atoms with van der Waals surface area (Å²) in [7, 11) is 0. The van der Waals surface area contributed by atoms with Gasteiger partial charge in [-0.3, -0.25) is 0 Å². The predicted octanol–water partition coefficient (Wildman–Crippen LogP) is 2.14. The molecule has 1 heterocycles. The van der Waals surface area contributed by atoms with Gasteiger partial charge in [-0.15, -0.1) is 0 Å². The van der Waals surface area contributed by atoms with E-state index < -0.39 is 5.60 Å². The number of hydrogen-bond donors (Lipinski definition) is 2. The monoisotopic (exact) mass is 286 g/mol. The summed E-state index contributed by atoms with van der Waals surface area (Å²) in [5.74, 6) is 0. The maximum Gasteiger partial charge on any atom is 0.410 e. The number of nitrogens with one attached hydrogen (secondary N) is 1. The van der Waals surface area contributed by atoms with Crippen LogP contribution in [-0.4, -0.2) is 53.5 Å². The van der Waals surface area contributed by atoms with E-state index in [4.69, 9.17) is 4.74 Å². The highest BCUT2D eigenvalue weighted by atomic mass is 16.6. The number of nitrogens with zero attached hydrogens (tertiary/aromatic N) is 1. The average Bonchev–Trinajstić information content (AvgIpc) is 2.38. The predicted molar refractivity (Wildman–Crippen MR) is 79.7 cm³/mol. The molecule has 20 heavy (non-hydrogen) atoms. The zero-order chi connectivity index (χ0) is 15.2. The number of ether oxygens (including phenoxy) is 1. The van der Waals surface area contributed by atoms with Crippen molar-refractivity contribution in [2.24, 2.45) is 0 Å². The standard InChI is InChI=1S/C15H30N2O3/c1-5-12(11-18)16-10-13-8-6-7-9-17(13)14(19)20-15(2,3)4/h12-13,16,18H,5-11H2,1-4H3/t12-,13?/m1/s1. The maximum absolute atomic E-state index is 12.2. The van der Waals surface area contributed by atoms with Gasteiger partial charge in [0.15, 0.2) is 0 Å². The summed E-state index contributed by atoms with van der Waals surface area (Å²) in [6, 6.07) is 0.275. The van der Waals surface area contributed by atoms with Crippen LogP contribution in [0.1, 0.15) is 53.4 Å². The maximum atomic E-state index is 12.2. The Balaban J connectivity index is 2.55. The minimum atomic E-state index is -0.455. The Labute approximate surface area is 122 Å². The first-order chi connectivity index (χ1) is 9.37. The molecule has 5 heteroatoms. The molecule has 1 fully saturated rings. The second-order valence-corrected chi connectivity index (χ2v) is 6.52. The topological polar surface area (TPSA) is 61.8 Å². The van der Waals surface area contributed by atoms with Gasteiger partial charge in [0.05, 0.1) is 6.61 Å². The molecule has 0 aromatic rings. The lowest BCUT2D eigenvalue weighted by molar-refractivity contribution is 0.00945. The summed E-state index contributed by atoms with van der Waals surface area (Å²) in [6.07, 6.45) is 3.83. The molecule has 0 aliphatic carbocycles. The molecule has 1 unspecified atom stereocenters. The van der Waals surface area contributed by atoms with E-state index in [1.165, 1.54) is 0 Å². The zero-order valence-corrected chi connectivity index (χ0v) is 13.3. The average molecular weight is 286 g/mol. The van der Waals surface area contributed by atoms with Crippen LogP contribution >= 0.6 is 0 Å². The SMILES string of the molecule is CC[C@H](CO)NCC1CCCCN1C(=O)OC(C)(C)C. The molecule has 0 saturated carbocycles. The van der Waals surface area contributed by atoms with Crippen molar-refractivity contribution in [2.45, 2.75) is 71.1 Å². The lowest BCUT2D eigenvalue weighted by Gasteiger charge is -2.37. The number of amides is 1.